The number of nitrogens with one attached hydrogen (secondary N) is 1. The van der Waals surface area contributed by atoms with Gasteiger partial charge in [0.05, 0.1) is 5.02 Å². The van der Waals surface area contributed by atoms with Gasteiger partial charge in [0.1, 0.15) is 0 Å². The maximum atomic E-state index is 12.1. The average molecular weight is 369 g/mol. The van der Waals surface area contributed by atoms with Crippen LogP contribution >= 0.6 is 27.5 Å². The van der Waals surface area contributed by atoms with E-state index in [0.29, 0.717) is 26.3 Å². The standard InChI is InChI=1S/C14H11BrClN3O2/c15-11-7-9(4-5-12(11)16)14(20)18-10-3-1-2-8(6-10)13(17)19-21/h1-7,21H,(H2,17,19)(H,18,20). The van der Waals surface area contributed by atoms with Gasteiger partial charge in [-0.2, -0.15) is 0 Å². The predicted octanol–water partition coefficient (Wildman–Crippen LogP) is 3.45. The molecule has 0 unspecified atom stereocenters. The number of hydrogen-bond acceptors (Lipinski definition) is 3. The van der Waals surface area contributed by atoms with Crippen LogP contribution in [0.4, 0.5) is 5.69 Å². The number of benzene rings is 2. The summed E-state index contributed by atoms with van der Waals surface area (Å²) in [5, 5.41) is 14.8. The van der Waals surface area contributed by atoms with Gasteiger partial charge in [0.25, 0.3) is 5.91 Å². The number of anilines is 1. The van der Waals surface area contributed by atoms with Crippen molar-refractivity contribution in [2.24, 2.45) is 10.9 Å². The van der Waals surface area contributed by atoms with Crippen LogP contribution in [0.2, 0.25) is 5.02 Å². The summed E-state index contributed by atoms with van der Waals surface area (Å²) in [6.45, 7) is 0. The molecular formula is C14H11BrClN3O2. The Morgan fingerprint density at radius 3 is 2.67 bits per heavy atom. The smallest absolute Gasteiger partial charge is 0.255 e. The minimum atomic E-state index is -0.288. The van der Waals surface area contributed by atoms with Crippen LogP contribution in [0, 0.1) is 0 Å². The summed E-state index contributed by atoms with van der Waals surface area (Å²) in [6, 6.07) is 11.6. The van der Waals surface area contributed by atoms with E-state index in [1.165, 1.54) is 0 Å². The SMILES string of the molecule is N/C(=N/O)c1cccc(NC(=O)c2ccc(Cl)c(Br)c2)c1. The predicted molar refractivity (Wildman–Crippen MR) is 86.1 cm³/mol. The zero-order chi connectivity index (χ0) is 15.4. The molecule has 0 atom stereocenters. The summed E-state index contributed by atoms with van der Waals surface area (Å²) in [7, 11) is 0. The molecule has 0 spiro atoms. The van der Waals surface area contributed by atoms with Crippen molar-refractivity contribution in [3.63, 3.8) is 0 Å². The van der Waals surface area contributed by atoms with Gasteiger partial charge in [-0.05, 0) is 46.3 Å². The van der Waals surface area contributed by atoms with Crippen molar-refractivity contribution in [3.05, 3.63) is 63.1 Å². The van der Waals surface area contributed by atoms with Gasteiger partial charge in [0, 0.05) is 21.3 Å². The summed E-state index contributed by atoms with van der Waals surface area (Å²) < 4.78 is 0.641. The first-order valence-electron chi connectivity index (χ1n) is 5.85. The van der Waals surface area contributed by atoms with Crippen LogP contribution in [-0.2, 0) is 0 Å². The second-order valence-corrected chi connectivity index (χ2v) is 5.41. The Kier molecular flexibility index (Phi) is 4.82. The van der Waals surface area contributed by atoms with Crippen molar-refractivity contribution < 1.29 is 10.0 Å². The number of amidine groups is 1. The zero-order valence-corrected chi connectivity index (χ0v) is 13.0. The molecular weight excluding hydrogens is 358 g/mol. The normalized spacial score (nSPS) is 11.2. The lowest BCUT2D eigenvalue weighted by molar-refractivity contribution is 0.102. The number of carbonyl (C=O) groups is 1. The second kappa shape index (κ2) is 6.60. The number of halogens is 2. The van der Waals surface area contributed by atoms with E-state index in [-0.39, 0.29) is 11.7 Å². The van der Waals surface area contributed by atoms with Gasteiger partial charge in [-0.3, -0.25) is 4.79 Å². The lowest BCUT2D eigenvalue weighted by Gasteiger charge is -2.07. The highest BCUT2D eigenvalue weighted by Gasteiger charge is 2.09. The third kappa shape index (κ3) is 3.74. The van der Waals surface area contributed by atoms with Gasteiger partial charge in [-0.25, -0.2) is 0 Å². The van der Waals surface area contributed by atoms with Gasteiger partial charge in [0.2, 0.25) is 0 Å². The van der Waals surface area contributed by atoms with E-state index in [1.54, 1.807) is 42.5 Å². The van der Waals surface area contributed by atoms with E-state index in [2.05, 4.69) is 26.4 Å². The Balaban J connectivity index is 2.21. The molecule has 2 rings (SSSR count). The first-order chi connectivity index (χ1) is 10.0. The number of carbonyl (C=O) groups excluding carboxylic acids is 1. The lowest BCUT2D eigenvalue weighted by Crippen LogP contribution is -2.15. The molecule has 108 valence electrons. The van der Waals surface area contributed by atoms with Crippen LogP contribution < -0.4 is 11.1 Å². The van der Waals surface area contributed by atoms with Crippen molar-refractivity contribution in [2.75, 3.05) is 5.32 Å². The van der Waals surface area contributed by atoms with Gasteiger partial charge >= 0.3 is 0 Å². The monoisotopic (exact) mass is 367 g/mol. The Morgan fingerprint density at radius 2 is 2.00 bits per heavy atom. The lowest BCUT2D eigenvalue weighted by atomic mass is 10.1. The van der Waals surface area contributed by atoms with E-state index in [4.69, 9.17) is 22.5 Å². The van der Waals surface area contributed by atoms with Crippen LogP contribution in [0.25, 0.3) is 0 Å². The summed E-state index contributed by atoms with van der Waals surface area (Å²) in [4.78, 5) is 12.1. The Labute approximate surface area is 134 Å². The number of amides is 1. The molecule has 0 saturated carbocycles. The maximum absolute atomic E-state index is 12.1. The summed E-state index contributed by atoms with van der Waals surface area (Å²) in [6.07, 6.45) is 0. The van der Waals surface area contributed by atoms with Crippen molar-refractivity contribution in [1.29, 1.82) is 0 Å². The molecule has 2 aromatic carbocycles. The minimum Gasteiger partial charge on any atom is -0.409 e. The Bertz CT molecular complexity index is 719. The van der Waals surface area contributed by atoms with E-state index >= 15 is 0 Å². The minimum absolute atomic E-state index is 0.0275. The van der Waals surface area contributed by atoms with Crippen molar-refractivity contribution in [3.8, 4) is 0 Å². The molecule has 4 N–H and O–H groups in total. The summed E-state index contributed by atoms with van der Waals surface area (Å²) in [5.41, 5.74) is 7.01. The van der Waals surface area contributed by atoms with E-state index in [9.17, 15) is 4.79 Å². The fraction of sp³-hybridized carbons (Fsp3) is 0. The number of nitrogens with two attached hydrogens (primary N) is 1. The molecule has 2 aromatic rings. The van der Waals surface area contributed by atoms with Crippen molar-refractivity contribution in [1.82, 2.24) is 0 Å². The van der Waals surface area contributed by atoms with Crippen LogP contribution in [-0.4, -0.2) is 17.0 Å². The quantitative estimate of drug-likeness (QED) is 0.335. The fourth-order valence-electron chi connectivity index (χ4n) is 1.65. The number of rotatable bonds is 3. The highest BCUT2D eigenvalue weighted by atomic mass is 79.9. The van der Waals surface area contributed by atoms with Gasteiger partial charge in [-0.15, -0.1) is 0 Å². The Morgan fingerprint density at radius 1 is 1.24 bits per heavy atom. The molecule has 5 nitrogen and oxygen atoms in total. The van der Waals surface area contributed by atoms with Crippen LogP contribution in [0.3, 0.4) is 0 Å². The highest BCUT2D eigenvalue weighted by Crippen LogP contribution is 2.23. The van der Waals surface area contributed by atoms with E-state index < -0.39 is 0 Å². The fourth-order valence-corrected chi connectivity index (χ4v) is 2.15. The second-order valence-electron chi connectivity index (χ2n) is 4.15. The number of nitrogens with zero attached hydrogens (tertiary/aromatic N) is 1. The molecule has 21 heavy (non-hydrogen) atoms. The van der Waals surface area contributed by atoms with Crippen LogP contribution in [0.5, 0.6) is 0 Å². The molecule has 0 radical (unpaired) electrons. The molecule has 7 heteroatoms. The van der Waals surface area contributed by atoms with Crippen molar-refractivity contribution >= 4 is 45.0 Å². The number of hydrogen-bond donors (Lipinski definition) is 3. The van der Waals surface area contributed by atoms with Crippen LogP contribution in [0.15, 0.2) is 52.1 Å². The maximum Gasteiger partial charge on any atom is 0.255 e. The average Bonchev–Trinajstić information content (AvgIpc) is 2.49. The van der Waals surface area contributed by atoms with Gasteiger partial charge < -0.3 is 16.3 Å². The first kappa shape index (κ1) is 15.3. The molecule has 1 amide bonds. The zero-order valence-electron chi connectivity index (χ0n) is 10.7. The summed E-state index contributed by atoms with van der Waals surface area (Å²) >= 11 is 9.16. The van der Waals surface area contributed by atoms with Gasteiger partial charge in [-0.1, -0.05) is 28.9 Å². The summed E-state index contributed by atoms with van der Waals surface area (Å²) in [5.74, 6) is -0.315. The molecule has 0 aliphatic carbocycles. The van der Waals surface area contributed by atoms with E-state index in [0.717, 1.165) is 0 Å². The molecule has 0 aliphatic rings. The third-order valence-corrected chi connectivity index (χ3v) is 3.92. The molecule has 0 bridgehead atoms. The largest absolute Gasteiger partial charge is 0.409 e. The van der Waals surface area contributed by atoms with E-state index in [1.807, 2.05) is 0 Å². The molecule has 0 saturated heterocycles. The topological polar surface area (TPSA) is 87.7 Å². The van der Waals surface area contributed by atoms with Crippen molar-refractivity contribution in [2.45, 2.75) is 0 Å². The Hall–Kier alpha value is -2.05. The van der Waals surface area contributed by atoms with Gasteiger partial charge in [0.15, 0.2) is 5.84 Å². The molecule has 0 heterocycles. The molecule has 0 fully saturated rings. The first-order valence-corrected chi connectivity index (χ1v) is 7.02. The highest BCUT2D eigenvalue weighted by molar-refractivity contribution is 9.10. The number of oxime groups is 1. The molecule has 0 aliphatic heterocycles. The third-order valence-electron chi connectivity index (χ3n) is 2.71. The molecule has 0 aromatic heterocycles. The van der Waals surface area contributed by atoms with Crippen LogP contribution in [0.1, 0.15) is 15.9 Å².